The van der Waals surface area contributed by atoms with Crippen molar-refractivity contribution in [1.29, 1.82) is 0 Å². The van der Waals surface area contributed by atoms with Gasteiger partial charge in [0.1, 0.15) is 5.75 Å². The number of ether oxygens (including phenoxy) is 1. The number of carbonyl (C=O) groups is 1. The Balaban J connectivity index is 1.44. The van der Waals surface area contributed by atoms with E-state index in [-0.39, 0.29) is 11.7 Å². The number of amides is 1. The Hall–Kier alpha value is -2.54. The van der Waals surface area contributed by atoms with E-state index in [4.69, 9.17) is 0 Å². The molecule has 1 fully saturated rings. The van der Waals surface area contributed by atoms with Crippen LogP contribution in [0.25, 0.3) is 0 Å². The smallest absolute Gasteiger partial charge is 0.406 e. The Morgan fingerprint density at radius 1 is 1.10 bits per heavy atom. The zero-order chi connectivity index (χ0) is 21.3. The summed E-state index contributed by atoms with van der Waals surface area (Å²) in [7, 11) is 0. The highest BCUT2D eigenvalue weighted by Gasteiger charge is 2.32. The fraction of sp³-hybridized carbons (Fsp3) is 0.435. The van der Waals surface area contributed by atoms with E-state index in [0.717, 1.165) is 41.8 Å². The molecule has 0 aliphatic carbocycles. The van der Waals surface area contributed by atoms with Crippen LogP contribution < -0.4 is 10.1 Å². The second kappa shape index (κ2) is 8.30. The van der Waals surface area contributed by atoms with Gasteiger partial charge in [-0.05, 0) is 79.6 Å². The van der Waals surface area contributed by atoms with Crippen LogP contribution >= 0.6 is 0 Å². The Morgan fingerprint density at radius 2 is 1.80 bits per heavy atom. The van der Waals surface area contributed by atoms with E-state index in [2.05, 4.69) is 22.2 Å². The first-order valence-electron chi connectivity index (χ1n) is 10.3. The largest absolute Gasteiger partial charge is 0.573 e. The van der Waals surface area contributed by atoms with Crippen LogP contribution in [0, 0.1) is 12.8 Å². The van der Waals surface area contributed by atoms with Crippen LogP contribution in [0.15, 0.2) is 36.4 Å². The van der Waals surface area contributed by atoms with Gasteiger partial charge < -0.3 is 15.0 Å². The summed E-state index contributed by atoms with van der Waals surface area (Å²) < 4.78 is 40.8. The Labute approximate surface area is 174 Å². The van der Waals surface area contributed by atoms with Crippen molar-refractivity contribution in [2.45, 2.75) is 45.6 Å². The highest BCUT2D eigenvalue weighted by atomic mass is 19.4. The summed E-state index contributed by atoms with van der Waals surface area (Å²) >= 11 is 0. The molecule has 2 aliphatic rings. The summed E-state index contributed by atoms with van der Waals surface area (Å²) in [4.78, 5) is 14.7. The predicted octanol–water partition coefficient (Wildman–Crippen LogP) is 4.59. The van der Waals surface area contributed by atoms with E-state index < -0.39 is 6.36 Å². The van der Waals surface area contributed by atoms with Gasteiger partial charge in [-0.3, -0.25) is 4.79 Å². The maximum atomic E-state index is 12.9. The van der Waals surface area contributed by atoms with Gasteiger partial charge in [-0.15, -0.1) is 13.2 Å². The fourth-order valence-corrected chi connectivity index (χ4v) is 4.49. The first kappa shape index (κ1) is 20.7. The molecule has 1 amide bonds. The molecule has 1 saturated heterocycles. The SMILES string of the molecule is Cc1cc(CC2CCNCC2)cc2c1C(=O)N(Cc1ccc(OC(F)(F)F)cc1)C2. The summed E-state index contributed by atoms with van der Waals surface area (Å²) in [6, 6.07) is 9.96. The van der Waals surface area contributed by atoms with E-state index in [0.29, 0.717) is 19.0 Å². The summed E-state index contributed by atoms with van der Waals surface area (Å²) in [6.07, 6.45) is -1.33. The molecule has 0 atom stereocenters. The number of nitrogens with one attached hydrogen (secondary N) is 1. The molecule has 0 saturated carbocycles. The molecule has 0 unspecified atom stereocenters. The maximum Gasteiger partial charge on any atom is 0.573 e. The van der Waals surface area contributed by atoms with Gasteiger partial charge in [-0.1, -0.05) is 24.3 Å². The quantitative estimate of drug-likeness (QED) is 0.772. The van der Waals surface area contributed by atoms with Crippen molar-refractivity contribution in [3.8, 4) is 5.75 Å². The third-order valence-electron chi connectivity index (χ3n) is 5.85. The number of carbonyl (C=O) groups excluding carboxylic acids is 1. The van der Waals surface area contributed by atoms with Crippen molar-refractivity contribution in [3.63, 3.8) is 0 Å². The van der Waals surface area contributed by atoms with Crippen molar-refractivity contribution in [1.82, 2.24) is 10.2 Å². The van der Waals surface area contributed by atoms with Crippen LogP contribution in [0.4, 0.5) is 13.2 Å². The molecule has 4 nitrogen and oxygen atoms in total. The van der Waals surface area contributed by atoms with E-state index in [1.165, 1.54) is 30.5 Å². The molecule has 1 N–H and O–H groups in total. The second-order valence-corrected chi connectivity index (χ2v) is 8.20. The topological polar surface area (TPSA) is 41.6 Å². The van der Waals surface area contributed by atoms with Gasteiger partial charge in [0.25, 0.3) is 5.91 Å². The van der Waals surface area contributed by atoms with Crippen LogP contribution in [-0.2, 0) is 19.5 Å². The lowest BCUT2D eigenvalue weighted by Crippen LogP contribution is -2.28. The third-order valence-corrected chi connectivity index (χ3v) is 5.85. The second-order valence-electron chi connectivity index (χ2n) is 8.20. The lowest BCUT2D eigenvalue weighted by molar-refractivity contribution is -0.274. The van der Waals surface area contributed by atoms with Crippen LogP contribution in [0.2, 0.25) is 0 Å². The van der Waals surface area contributed by atoms with Gasteiger partial charge >= 0.3 is 6.36 Å². The number of fused-ring (bicyclic) bond motifs is 1. The summed E-state index contributed by atoms with van der Waals surface area (Å²) in [5.41, 5.74) is 4.85. The molecule has 0 spiro atoms. The first-order valence-corrected chi connectivity index (χ1v) is 10.3. The summed E-state index contributed by atoms with van der Waals surface area (Å²) in [6.45, 7) is 4.98. The van der Waals surface area contributed by atoms with E-state index in [9.17, 15) is 18.0 Å². The number of alkyl halides is 3. The number of hydrogen-bond acceptors (Lipinski definition) is 3. The van der Waals surface area contributed by atoms with Crippen molar-refractivity contribution in [2.24, 2.45) is 5.92 Å². The standard InChI is InChI=1S/C23H25F3N2O2/c1-15-10-18(11-16-6-8-27-9-7-16)12-19-14-28(22(29)21(15)19)13-17-2-4-20(5-3-17)30-23(24,25)26/h2-5,10,12,16,27H,6-9,11,13-14H2,1H3. The van der Waals surface area contributed by atoms with Crippen molar-refractivity contribution in [3.05, 3.63) is 64.2 Å². The van der Waals surface area contributed by atoms with Crippen molar-refractivity contribution >= 4 is 5.91 Å². The van der Waals surface area contributed by atoms with Gasteiger partial charge in [0, 0.05) is 18.7 Å². The number of piperidine rings is 1. The molecular formula is C23H25F3N2O2. The van der Waals surface area contributed by atoms with Crippen LogP contribution in [0.5, 0.6) is 5.75 Å². The number of rotatable bonds is 5. The Kier molecular flexibility index (Phi) is 5.73. The van der Waals surface area contributed by atoms with Crippen LogP contribution in [-0.4, -0.2) is 30.3 Å². The minimum Gasteiger partial charge on any atom is -0.406 e. The average Bonchev–Trinajstić information content (AvgIpc) is 2.99. The van der Waals surface area contributed by atoms with Gasteiger partial charge in [0.2, 0.25) is 0 Å². The molecule has 160 valence electrons. The number of aryl methyl sites for hydroxylation is 1. The predicted molar refractivity (Wildman–Crippen MR) is 107 cm³/mol. The van der Waals surface area contributed by atoms with E-state index in [1.807, 2.05) is 6.92 Å². The Bertz CT molecular complexity index is 919. The number of nitrogens with zero attached hydrogens (tertiary/aromatic N) is 1. The molecule has 0 aromatic heterocycles. The first-order chi connectivity index (χ1) is 14.3. The van der Waals surface area contributed by atoms with Gasteiger partial charge in [0.15, 0.2) is 0 Å². The van der Waals surface area contributed by atoms with Gasteiger partial charge in [-0.25, -0.2) is 0 Å². The molecule has 2 aliphatic heterocycles. The molecule has 7 heteroatoms. The molecule has 2 aromatic carbocycles. The molecular weight excluding hydrogens is 393 g/mol. The van der Waals surface area contributed by atoms with Gasteiger partial charge in [0.05, 0.1) is 0 Å². The zero-order valence-corrected chi connectivity index (χ0v) is 16.9. The van der Waals surface area contributed by atoms with Crippen molar-refractivity contribution in [2.75, 3.05) is 13.1 Å². The Morgan fingerprint density at radius 3 is 2.47 bits per heavy atom. The minimum absolute atomic E-state index is 0.0217. The minimum atomic E-state index is -4.71. The number of benzene rings is 2. The lowest BCUT2D eigenvalue weighted by atomic mass is 9.89. The fourth-order valence-electron chi connectivity index (χ4n) is 4.49. The normalized spacial score (nSPS) is 17.3. The average molecular weight is 418 g/mol. The third kappa shape index (κ3) is 4.78. The molecule has 0 radical (unpaired) electrons. The van der Waals surface area contributed by atoms with E-state index in [1.54, 1.807) is 17.0 Å². The zero-order valence-electron chi connectivity index (χ0n) is 16.9. The molecule has 2 aromatic rings. The maximum absolute atomic E-state index is 12.9. The lowest BCUT2D eigenvalue weighted by Gasteiger charge is -2.23. The van der Waals surface area contributed by atoms with Crippen molar-refractivity contribution < 1.29 is 22.7 Å². The summed E-state index contributed by atoms with van der Waals surface area (Å²) in [5, 5.41) is 3.39. The van der Waals surface area contributed by atoms with Gasteiger partial charge in [-0.2, -0.15) is 0 Å². The summed E-state index contributed by atoms with van der Waals surface area (Å²) in [5.74, 6) is 0.390. The number of halogens is 3. The van der Waals surface area contributed by atoms with Crippen LogP contribution in [0.1, 0.15) is 45.5 Å². The van der Waals surface area contributed by atoms with Crippen LogP contribution in [0.3, 0.4) is 0 Å². The molecule has 4 rings (SSSR count). The highest BCUT2D eigenvalue weighted by molar-refractivity contribution is 5.99. The monoisotopic (exact) mass is 418 g/mol. The molecule has 30 heavy (non-hydrogen) atoms. The van der Waals surface area contributed by atoms with E-state index >= 15 is 0 Å². The molecule has 2 heterocycles. The molecule has 0 bridgehead atoms. The number of hydrogen-bond donors (Lipinski definition) is 1. The highest BCUT2D eigenvalue weighted by Crippen LogP contribution is 2.31.